The third-order valence-electron chi connectivity index (χ3n) is 2.16. The number of rotatable bonds is 4. The quantitative estimate of drug-likeness (QED) is 0.789. The van der Waals surface area contributed by atoms with Crippen molar-refractivity contribution in [3.05, 3.63) is 23.2 Å². The Morgan fingerprint density at radius 3 is 3.17 bits per heavy atom. The van der Waals surface area contributed by atoms with Crippen molar-refractivity contribution in [1.82, 2.24) is 4.98 Å². The highest BCUT2D eigenvalue weighted by Gasteiger charge is 2.15. The van der Waals surface area contributed by atoms with Crippen molar-refractivity contribution in [1.29, 1.82) is 5.26 Å². The van der Waals surface area contributed by atoms with Crippen molar-refractivity contribution in [3.63, 3.8) is 0 Å². The molecule has 0 saturated heterocycles. The Balaban J connectivity index is 2.26. The Bertz CT molecular complexity index is 615. The molecule has 2 rings (SSSR count). The van der Waals surface area contributed by atoms with Gasteiger partial charge in [-0.05, 0) is 19.1 Å². The maximum Gasteiger partial charge on any atom is 0.344 e. The van der Waals surface area contributed by atoms with Gasteiger partial charge in [0.1, 0.15) is 15.8 Å². The summed E-state index contributed by atoms with van der Waals surface area (Å²) < 4.78 is 10.1. The van der Waals surface area contributed by atoms with Crippen LogP contribution in [0.4, 0.5) is 0 Å². The number of hydrogen-bond acceptors (Lipinski definition) is 6. The molecular weight excluding hydrogens is 252 g/mol. The third kappa shape index (κ3) is 2.41. The Kier molecular flexibility index (Phi) is 3.75. The molecule has 6 heteroatoms. The first-order valence-electron chi connectivity index (χ1n) is 5.32. The second-order valence-corrected chi connectivity index (χ2v) is 4.32. The molecule has 0 aliphatic heterocycles. The van der Waals surface area contributed by atoms with E-state index in [-0.39, 0.29) is 6.61 Å². The van der Waals surface area contributed by atoms with E-state index in [1.807, 2.05) is 6.07 Å². The Morgan fingerprint density at radius 1 is 1.61 bits per heavy atom. The number of nitrogens with zero attached hydrogens (tertiary/aromatic N) is 2. The van der Waals surface area contributed by atoms with Gasteiger partial charge in [-0.2, -0.15) is 5.26 Å². The van der Waals surface area contributed by atoms with Crippen molar-refractivity contribution in [3.8, 4) is 11.8 Å². The van der Waals surface area contributed by atoms with Crippen LogP contribution in [-0.2, 0) is 9.53 Å². The molecule has 0 aliphatic rings. The minimum Gasteiger partial charge on any atom is -0.479 e. The van der Waals surface area contributed by atoms with E-state index in [0.29, 0.717) is 22.1 Å². The number of hydrogen-bond donors (Lipinski definition) is 0. The van der Waals surface area contributed by atoms with E-state index in [9.17, 15) is 4.79 Å². The van der Waals surface area contributed by atoms with Crippen molar-refractivity contribution < 1.29 is 14.3 Å². The average molecular weight is 262 g/mol. The number of pyridine rings is 1. The minimum atomic E-state index is -0.454. The first-order valence-corrected chi connectivity index (χ1v) is 6.14. The molecular formula is C12H10N2O3S. The van der Waals surface area contributed by atoms with Gasteiger partial charge >= 0.3 is 5.97 Å². The monoisotopic (exact) mass is 262 g/mol. The zero-order valence-electron chi connectivity index (χ0n) is 9.67. The van der Waals surface area contributed by atoms with Crippen LogP contribution in [0.3, 0.4) is 0 Å². The van der Waals surface area contributed by atoms with Crippen LogP contribution in [0.1, 0.15) is 11.8 Å². The smallest absolute Gasteiger partial charge is 0.344 e. The first-order chi connectivity index (χ1) is 8.76. The summed E-state index contributed by atoms with van der Waals surface area (Å²) in [5.74, 6) is -0.0525. The zero-order chi connectivity index (χ0) is 13.0. The molecule has 0 fully saturated rings. The van der Waals surface area contributed by atoms with Crippen LogP contribution in [-0.4, -0.2) is 24.2 Å². The zero-order valence-corrected chi connectivity index (χ0v) is 10.5. The number of thiophene rings is 1. The molecule has 18 heavy (non-hydrogen) atoms. The summed E-state index contributed by atoms with van der Waals surface area (Å²) in [5.41, 5.74) is 0. The molecule has 0 aromatic carbocycles. The highest BCUT2D eigenvalue weighted by molar-refractivity contribution is 7.19. The van der Waals surface area contributed by atoms with Gasteiger partial charge in [-0.3, -0.25) is 0 Å². The van der Waals surface area contributed by atoms with Gasteiger partial charge in [-0.1, -0.05) is 0 Å². The number of fused-ring (bicyclic) bond motifs is 1. The van der Waals surface area contributed by atoms with E-state index >= 15 is 0 Å². The fraction of sp³-hybridized carbons (Fsp3) is 0.250. The van der Waals surface area contributed by atoms with E-state index in [1.54, 1.807) is 25.3 Å². The highest BCUT2D eigenvalue weighted by Crippen LogP contribution is 2.35. The van der Waals surface area contributed by atoms with Crippen LogP contribution >= 0.6 is 11.3 Å². The molecule has 2 aromatic rings. The number of nitriles is 1. The summed E-state index contributed by atoms with van der Waals surface area (Å²) in [6, 6.07) is 5.61. The SMILES string of the molecule is CCOC(=O)COc1c(C#N)sc2ncccc12. The lowest BCUT2D eigenvalue weighted by Crippen LogP contribution is -2.14. The van der Waals surface area contributed by atoms with Crippen molar-refractivity contribution in [2.24, 2.45) is 0 Å². The molecule has 0 atom stereocenters. The normalized spacial score (nSPS) is 10.0. The van der Waals surface area contributed by atoms with E-state index in [0.717, 1.165) is 5.39 Å². The molecule has 0 radical (unpaired) electrons. The van der Waals surface area contributed by atoms with Crippen LogP contribution in [0, 0.1) is 11.3 Å². The Morgan fingerprint density at radius 2 is 2.44 bits per heavy atom. The molecule has 0 bridgehead atoms. The standard InChI is InChI=1S/C12H10N2O3S/c1-2-16-10(15)7-17-11-8-4-3-5-14-12(8)18-9(11)6-13/h3-5H,2,7H2,1H3. The molecule has 0 unspecified atom stereocenters. The van der Waals surface area contributed by atoms with Crippen LogP contribution in [0.15, 0.2) is 18.3 Å². The van der Waals surface area contributed by atoms with Gasteiger partial charge in [0.05, 0.1) is 12.0 Å². The fourth-order valence-corrected chi connectivity index (χ4v) is 2.35. The number of esters is 1. The summed E-state index contributed by atoms with van der Waals surface area (Å²) in [7, 11) is 0. The van der Waals surface area contributed by atoms with Gasteiger partial charge < -0.3 is 9.47 Å². The van der Waals surface area contributed by atoms with E-state index in [4.69, 9.17) is 14.7 Å². The van der Waals surface area contributed by atoms with Crippen LogP contribution in [0.5, 0.6) is 5.75 Å². The van der Waals surface area contributed by atoms with Gasteiger partial charge in [0.15, 0.2) is 12.4 Å². The minimum absolute atomic E-state index is 0.205. The molecule has 0 saturated carbocycles. The van der Waals surface area contributed by atoms with Crippen LogP contribution < -0.4 is 4.74 Å². The summed E-state index contributed by atoms with van der Waals surface area (Å²) in [6.45, 7) is 1.82. The number of aromatic nitrogens is 1. The second kappa shape index (κ2) is 5.47. The molecule has 5 nitrogen and oxygen atoms in total. The topological polar surface area (TPSA) is 72.2 Å². The van der Waals surface area contributed by atoms with Gasteiger partial charge in [0.25, 0.3) is 0 Å². The maximum absolute atomic E-state index is 11.2. The Labute approximate surface area is 108 Å². The molecule has 92 valence electrons. The van der Waals surface area contributed by atoms with E-state index in [2.05, 4.69) is 4.98 Å². The maximum atomic E-state index is 11.2. The molecule has 0 aliphatic carbocycles. The lowest BCUT2D eigenvalue weighted by molar-refractivity contribution is -0.145. The summed E-state index contributed by atoms with van der Waals surface area (Å²) >= 11 is 1.24. The first kappa shape index (κ1) is 12.3. The largest absolute Gasteiger partial charge is 0.479 e. The predicted molar refractivity (Wildman–Crippen MR) is 66.5 cm³/mol. The van der Waals surface area contributed by atoms with Crippen LogP contribution in [0.2, 0.25) is 0 Å². The lowest BCUT2D eigenvalue weighted by atomic mass is 10.3. The lowest BCUT2D eigenvalue weighted by Gasteiger charge is -2.04. The third-order valence-corrected chi connectivity index (χ3v) is 3.16. The molecule has 2 heterocycles. The van der Waals surface area contributed by atoms with Gasteiger partial charge in [-0.15, -0.1) is 11.3 Å². The average Bonchev–Trinajstić information content (AvgIpc) is 2.74. The van der Waals surface area contributed by atoms with E-state index in [1.165, 1.54) is 11.3 Å². The van der Waals surface area contributed by atoms with Gasteiger partial charge in [0.2, 0.25) is 0 Å². The molecule has 2 aromatic heterocycles. The number of ether oxygens (including phenoxy) is 2. The summed E-state index contributed by atoms with van der Waals surface area (Å²) in [4.78, 5) is 16.5. The van der Waals surface area contributed by atoms with Crippen molar-refractivity contribution in [2.75, 3.05) is 13.2 Å². The van der Waals surface area contributed by atoms with Crippen LogP contribution in [0.25, 0.3) is 10.2 Å². The summed E-state index contributed by atoms with van der Waals surface area (Å²) in [6.07, 6.45) is 1.65. The van der Waals surface area contributed by atoms with E-state index < -0.39 is 5.97 Å². The molecule has 0 N–H and O–H groups in total. The van der Waals surface area contributed by atoms with Crippen molar-refractivity contribution in [2.45, 2.75) is 6.92 Å². The van der Waals surface area contributed by atoms with Crippen molar-refractivity contribution >= 4 is 27.5 Å². The molecule has 0 amide bonds. The van der Waals surface area contributed by atoms with Gasteiger partial charge in [-0.25, -0.2) is 9.78 Å². The summed E-state index contributed by atoms with van der Waals surface area (Å²) in [5, 5.41) is 9.76. The molecule has 0 spiro atoms. The predicted octanol–water partition coefficient (Wildman–Crippen LogP) is 2.11. The Hall–Kier alpha value is -2.13. The number of carbonyl (C=O) groups is 1. The highest BCUT2D eigenvalue weighted by atomic mass is 32.1. The second-order valence-electron chi connectivity index (χ2n) is 3.32. The van der Waals surface area contributed by atoms with Gasteiger partial charge in [0, 0.05) is 6.20 Å². The number of carbonyl (C=O) groups excluding carboxylic acids is 1. The fourth-order valence-electron chi connectivity index (χ4n) is 1.46.